The summed E-state index contributed by atoms with van der Waals surface area (Å²) in [4.78, 5) is 37.9. The predicted molar refractivity (Wildman–Crippen MR) is 126 cm³/mol. The Kier molecular flexibility index (Phi) is 6.68. The molecular formula is C26H22N2O6. The Balaban J connectivity index is 1.94. The molecule has 2 aromatic carbocycles. The first-order chi connectivity index (χ1) is 16.5. The molecule has 8 nitrogen and oxygen atoms in total. The minimum absolute atomic E-state index is 0.0833. The van der Waals surface area contributed by atoms with Gasteiger partial charge in [-0.2, -0.15) is 5.10 Å². The molecule has 4 aromatic rings. The predicted octanol–water partition coefficient (Wildman–Crippen LogP) is 4.16. The van der Waals surface area contributed by atoms with E-state index in [1.54, 1.807) is 42.9 Å². The number of rotatable bonds is 7. The summed E-state index contributed by atoms with van der Waals surface area (Å²) in [6.07, 6.45) is 2.95. The average molecular weight is 458 g/mol. The average Bonchev–Trinajstić information content (AvgIpc) is 3.26. The lowest BCUT2D eigenvalue weighted by molar-refractivity contribution is -0.146. The molecule has 0 amide bonds. The van der Waals surface area contributed by atoms with E-state index in [0.717, 1.165) is 5.69 Å². The van der Waals surface area contributed by atoms with E-state index < -0.39 is 17.6 Å². The van der Waals surface area contributed by atoms with Crippen molar-refractivity contribution in [1.82, 2.24) is 9.78 Å². The summed E-state index contributed by atoms with van der Waals surface area (Å²) in [5, 5.41) is 5.30. The van der Waals surface area contributed by atoms with Crippen molar-refractivity contribution >= 4 is 29.0 Å². The Hall–Kier alpha value is -4.46. The van der Waals surface area contributed by atoms with E-state index >= 15 is 0 Å². The highest BCUT2D eigenvalue weighted by molar-refractivity contribution is 6.18. The fourth-order valence-electron chi connectivity index (χ4n) is 3.42. The van der Waals surface area contributed by atoms with Crippen LogP contribution in [-0.2, 0) is 19.1 Å². The summed E-state index contributed by atoms with van der Waals surface area (Å²) in [5.74, 6) is -1.66. The van der Waals surface area contributed by atoms with Gasteiger partial charge >= 0.3 is 17.6 Å². The summed E-state index contributed by atoms with van der Waals surface area (Å²) in [6.45, 7) is 3.44. The maximum Gasteiger partial charge on any atom is 0.345 e. The summed E-state index contributed by atoms with van der Waals surface area (Å²) in [5.41, 5.74) is 1.05. The number of nitrogens with zero attached hydrogens (tertiary/aromatic N) is 2. The third-order valence-corrected chi connectivity index (χ3v) is 4.95. The molecule has 0 aliphatic carbocycles. The Morgan fingerprint density at radius 2 is 1.62 bits per heavy atom. The molecule has 0 N–H and O–H groups in total. The van der Waals surface area contributed by atoms with Crippen LogP contribution in [0.25, 0.3) is 34.0 Å². The summed E-state index contributed by atoms with van der Waals surface area (Å²) < 4.78 is 17.1. The molecule has 0 saturated heterocycles. The van der Waals surface area contributed by atoms with Crippen LogP contribution < -0.4 is 5.63 Å². The van der Waals surface area contributed by atoms with Gasteiger partial charge in [-0.05, 0) is 44.2 Å². The molecule has 34 heavy (non-hydrogen) atoms. The highest BCUT2D eigenvalue weighted by Gasteiger charge is 2.24. The van der Waals surface area contributed by atoms with Crippen LogP contribution in [0.5, 0.6) is 0 Å². The monoisotopic (exact) mass is 458 g/mol. The molecular weight excluding hydrogens is 436 g/mol. The highest BCUT2D eigenvalue weighted by atomic mass is 16.6. The molecule has 0 unspecified atom stereocenters. The maximum atomic E-state index is 12.9. The number of carbonyl (C=O) groups is 2. The minimum Gasteiger partial charge on any atom is -0.462 e. The molecule has 0 atom stereocenters. The number of hydrogen-bond donors (Lipinski definition) is 0. The van der Waals surface area contributed by atoms with Gasteiger partial charge in [0.1, 0.15) is 16.9 Å². The van der Waals surface area contributed by atoms with Crippen molar-refractivity contribution < 1.29 is 23.5 Å². The molecule has 8 heteroatoms. The smallest absolute Gasteiger partial charge is 0.345 e. The lowest BCUT2D eigenvalue weighted by Gasteiger charge is -2.06. The van der Waals surface area contributed by atoms with E-state index in [2.05, 4.69) is 5.10 Å². The normalized spacial score (nSPS) is 10.6. The molecule has 0 fully saturated rings. The van der Waals surface area contributed by atoms with Crippen LogP contribution in [-0.4, -0.2) is 34.9 Å². The van der Waals surface area contributed by atoms with Crippen molar-refractivity contribution in [2.75, 3.05) is 13.2 Å². The van der Waals surface area contributed by atoms with Crippen LogP contribution >= 0.6 is 0 Å². The third-order valence-electron chi connectivity index (χ3n) is 4.95. The van der Waals surface area contributed by atoms with Crippen LogP contribution in [0.4, 0.5) is 0 Å². The van der Waals surface area contributed by atoms with Crippen molar-refractivity contribution in [3.05, 3.63) is 88.4 Å². The molecule has 0 bridgehead atoms. The number of hydrogen-bond acceptors (Lipinski definition) is 7. The SMILES string of the molecule is CCOC(=O)C(=Cc1cn(-c2ccccc2)nc1-c1cc2ccccc2oc1=O)C(=O)OCC. The number of fused-ring (bicyclic) bond motifs is 1. The van der Waals surface area contributed by atoms with Gasteiger partial charge < -0.3 is 13.9 Å². The van der Waals surface area contributed by atoms with Gasteiger partial charge in [0.25, 0.3) is 0 Å². The van der Waals surface area contributed by atoms with E-state index in [0.29, 0.717) is 16.5 Å². The van der Waals surface area contributed by atoms with Gasteiger partial charge in [0.05, 0.1) is 24.5 Å². The zero-order valence-corrected chi connectivity index (χ0v) is 18.7. The zero-order valence-electron chi connectivity index (χ0n) is 18.7. The number of para-hydroxylation sites is 2. The van der Waals surface area contributed by atoms with Gasteiger partial charge in [-0.15, -0.1) is 0 Å². The summed E-state index contributed by atoms with van der Waals surface area (Å²) in [7, 11) is 0. The van der Waals surface area contributed by atoms with Gasteiger partial charge in [0, 0.05) is 17.1 Å². The standard InChI is InChI=1S/C26H22N2O6/c1-3-32-24(29)21(25(30)33-4-2)15-18-16-28(19-11-6-5-7-12-19)27-23(18)20-14-17-10-8-9-13-22(17)34-26(20)31/h5-16H,3-4H2,1-2H3. The number of esters is 2. The first kappa shape index (κ1) is 22.7. The quantitative estimate of drug-likeness (QED) is 0.135. The van der Waals surface area contributed by atoms with E-state index in [1.165, 1.54) is 6.08 Å². The van der Waals surface area contributed by atoms with Crippen molar-refractivity contribution in [1.29, 1.82) is 0 Å². The van der Waals surface area contributed by atoms with E-state index in [4.69, 9.17) is 13.9 Å². The number of aromatic nitrogens is 2. The Bertz CT molecular complexity index is 1410. The topological polar surface area (TPSA) is 101 Å². The Labute approximate surface area is 195 Å². The molecule has 172 valence electrons. The van der Waals surface area contributed by atoms with E-state index in [1.807, 2.05) is 42.5 Å². The number of benzene rings is 2. The second kappa shape index (κ2) is 9.99. The van der Waals surface area contributed by atoms with Crippen molar-refractivity contribution in [2.24, 2.45) is 0 Å². The second-order valence-electron chi connectivity index (χ2n) is 7.20. The minimum atomic E-state index is -0.829. The zero-order chi connectivity index (χ0) is 24.1. The van der Waals surface area contributed by atoms with E-state index in [9.17, 15) is 14.4 Å². The molecule has 2 heterocycles. The molecule has 2 aromatic heterocycles. The van der Waals surface area contributed by atoms with Gasteiger partial charge in [-0.1, -0.05) is 36.4 Å². The summed E-state index contributed by atoms with van der Waals surface area (Å²) in [6, 6.07) is 18.0. The molecule has 4 rings (SSSR count). The van der Waals surface area contributed by atoms with Crippen LogP contribution in [0.15, 0.2) is 81.6 Å². The Morgan fingerprint density at radius 3 is 2.29 bits per heavy atom. The summed E-state index contributed by atoms with van der Waals surface area (Å²) >= 11 is 0. The molecule has 0 radical (unpaired) electrons. The molecule has 0 aliphatic rings. The number of carbonyl (C=O) groups excluding carboxylic acids is 2. The van der Waals surface area contributed by atoms with Crippen LogP contribution in [0.1, 0.15) is 19.4 Å². The molecule has 0 saturated carbocycles. The van der Waals surface area contributed by atoms with Crippen LogP contribution in [0, 0.1) is 0 Å². The first-order valence-electron chi connectivity index (χ1n) is 10.8. The van der Waals surface area contributed by atoms with Gasteiger partial charge in [0.15, 0.2) is 0 Å². The van der Waals surface area contributed by atoms with Crippen LogP contribution in [0.2, 0.25) is 0 Å². The fourth-order valence-corrected chi connectivity index (χ4v) is 3.42. The van der Waals surface area contributed by atoms with Crippen molar-refractivity contribution in [3.63, 3.8) is 0 Å². The lowest BCUT2D eigenvalue weighted by Crippen LogP contribution is -2.18. The maximum absolute atomic E-state index is 12.9. The van der Waals surface area contributed by atoms with Crippen LogP contribution in [0.3, 0.4) is 0 Å². The van der Waals surface area contributed by atoms with Gasteiger partial charge in [-0.25, -0.2) is 19.1 Å². The first-order valence-corrected chi connectivity index (χ1v) is 10.8. The second-order valence-corrected chi connectivity index (χ2v) is 7.20. The fraction of sp³-hybridized carbons (Fsp3) is 0.154. The van der Waals surface area contributed by atoms with E-state index in [-0.39, 0.29) is 30.0 Å². The van der Waals surface area contributed by atoms with Gasteiger partial charge in [-0.3, -0.25) is 0 Å². The molecule has 0 spiro atoms. The third kappa shape index (κ3) is 4.66. The highest BCUT2D eigenvalue weighted by Crippen LogP contribution is 2.26. The molecule has 0 aliphatic heterocycles. The van der Waals surface area contributed by atoms with Crippen molar-refractivity contribution in [2.45, 2.75) is 13.8 Å². The lowest BCUT2D eigenvalue weighted by atomic mass is 10.1. The Morgan fingerprint density at radius 1 is 0.971 bits per heavy atom. The number of ether oxygens (including phenoxy) is 2. The van der Waals surface area contributed by atoms with Crippen molar-refractivity contribution in [3.8, 4) is 16.9 Å². The van der Waals surface area contributed by atoms with Gasteiger partial charge in [0.2, 0.25) is 0 Å². The largest absolute Gasteiger partial charge is 0.462 e.